The molecule has 0 unspecified atom stereocenters. The Hall–Kier alpha value is -1.84. The van der Waals surface area contributed by atoms with Gasteiger partial charge in [0.2, 0.25) is 5.91 Å². The predicted octanol–water partition coefficient (Wildman–Crippen LogP) is 4.23. The summed E-state index contributed by atoms with van der Waals surface area (Å²) >= 11 is 0. The maximum Gasteiger partial charge on any atom is 0.222 e. The van der Waals surface area contributed by atoms with E-state index in [4.69, 9.17) is 4.74 Å². The number of hydrogen-bond donors (Lipinski definition) is 0. The fraction of sp³-hybridized carbons (Fsp3) is 0.600. The molecule has 1 aromatic carbocycles. The molecule has 24 heavy (non-hydrogen) atoms. The number of hydrogen-bond acceptors (Lipinski definition) is 3. The van der Waals surface area contributed by atoms with Crippen LogP contribution >= 0.6 is 0 Å². The van der Waals surface area contributed by atoms with Crippen LogP contribution in [0.4, 0.5) is 0 Å². The number of Topliss-reactive ketones (excluding diaryl/α,β-unsaturated/α-hetero) is 1. The first kappa shape index (κ1) is 18.5. The molecular formula is C20H29NO3. The van der Waals surface area contributed by atoms with Gasteiger partial charge in [0.25, 0.3) is 0 Å². The minimum absolute atomic E-state index is 0.0890. The maximum atomic E-state index is 12.5. The number of amides is 1. The van der Waals surface area contributed by atoms with Crippen molar-refractivity contribution in [2.24, 2.45) is 0 Å². The average molecular weight is 331 g/mol. The van der Waals surface area contributed by atoms with Crippen LogP contribution in [0, 0.1) is 0 Å². The van der Waals surface area contributed by atoms with Crippen molar-refractivity contribution < 1.29 is 14.3 Å². The Kier molecular flexibility index (Phi) is 7.29. The molecule has 1 aliphatic rings. The Bertz CT molecular complexity index is 532. The Labute approximate surface area is 145 Å². The van der Waals surface area contributed by atoms with Crippen molar-refractivity contribution in [3.8, 4) is 5.75 Å². The minimum Gasteiger partial charge on any atom is -0.497 e. The van der Waals surface area contributed by atoms with Crippen LogP contribution in [0.2, 0.25) is 0 Å². The molecule has 0 spiro atoms. The zero-order valence-electron chi connectivity index (χ0n) is 14.9. The van der Waals surface area contributed by atoms with Crippen LogP contribution < -0.4 is 4.74 Å². The van der Waals surface area contributed by atoms with Gasteiger partial charge in [0.05, 0.1) is 7.11 Å². The Morgan fingerprint density at radius 1 is 1.08 bits per heavy atom. The smallest absolute Gasteiger partial charge is 0.222 e. The molecule has 0 heterocycles. The van der Waals surface area contributed by atoms with Crippen molar-refractivity contribution in [2.45, 2.75) is 64.3 Å². The average Bonchev–Trinajstić information content (AvgIpc) is 2.63. The number of ether oxygens (including phenoxy) is 1. The SMILES string of the molecule is CCN(C(=O)CCCC(=O)c1ccc(OC)cc1)C1CCCCC1. The van der Waals surface area contributed by atoms with Gasteiger partial charge in [0.15, 0.2) is 5.78 Å². The fourth-order valence-corrected chi connectivity index (χ4v) is 3.50. The molecule has 1 saturated carbocycles. The molecule has 1 aliphatic carbocycles. The summed E-state index contributed by atoms with van der Waals surface area (Å²) in [6, 6.07) is 7.56. The van der Waals surface area contributed by atoms with Gasteiger partial charge in [-0.2, -0.15) is 0 Å². The second-order valence-electron chi connectivity index (χ2n) is 6.48. The van der Waals surface area contributed by atoms with E-state index in [0.717, 1.165) is 25.1 Å². The van der Waals surface area contributed by atoms with Crippen molar-refractivity contribution >= 4 is 11.7 Å². The molecule has 132 valence electrons. The third-order valence-corrected chi connectivity index (χ3v) is 4.88. The van der Waals surface area contributed by atoms with Crippen molar-refractivity contribution in [3.63, 3.8) is 0 Å². The first-order valence-electron chi connectivity index (χ1n) is 9.12. The van der Waals surface area contributed by atoms with Crippen LogP contribution in [0.15, 0.2) is 24.3 Å². The van der Waals surface area contributed by atoms with Gasteiger partial charge in [-0.25, -0.2) is 0 Å². The standard InChI is InChI=1S/C20H29NO3/c1-3-21(17-8-5-4-6-9-17)20(23)11-7-10-19(22)16-12-14-18(24-2)15-13-16/h12-15,17H,3-11H2,1-2H3. The molecule has 0 aliphatic heterocycles. The second-order valence-corrected chi connectivity index (χ2v) is 6.48. The summed E-state index contributed by atoms with van der Waals surface area (Å²) in [5.41, 5.74) is 0.683. The highest BCUT2D eigenvalue weighted by Gasteiger charge is 2.23. The van der Waals surface area contributed by atoms with E-state index in [1.165, 1.54) is 19.3 Å². The number of ketones is 1. The second kappa shape index (κ2) is 9.45. The molecule has 1 amide bonds. The number of carbonyl (C=O) groups is 2. The van der Waals surface area contributed by atoms with E-state index in [9.17, 15) is 9.59 Å². The quantitative estimate of drug-likeness (QED) is 0.670. The lowest BCUT2D eigenvalue weighted by molar-refractivity contribution is -0.134. The highest BCUT2D eigenvalue weighted by molar-refractivity contribution is 5.96. The van der Waals surface area contributed by atoms with Gasteiger partial charge >= 0.3 is 0 Å². The highest BCUT2D eigenvalue weighted by atomic mass is 16.5. The number of carbonyl (C=O) groups excluding carboxylic acids is 2. The molecule has 0 atom stereocenters. The molecule has 4 heteroatoms. The van der Waals surface area contributed by atoms with Crippen molar-refractivity contribution in [3.05, 3.63) is 29.8 Å². The van der Waals surface area contributed by atoms with Crippen LogP contribution in [-0.2, 0) is 4.79 Å². The lowest BCUT2D eigenvalue weighted by atomic mass is 9.94. The third kappa shape index (κ3) is 5.08. The zero-order valence-corrected chi connectivity index (χ0v) is 14.9. The first-order valence-corrected chi connectivity index (χ1v) is 9.12. The van der Waals surface area contributed by atoms with Gasteiger partial charge in [0.1, 0.15) is 5.75 Å². The molecule has 0 bridgehead atoms. The van der Waals surface area contributed by atoms with E-state index in [1.54, 1.807) is 31.4 Å². The van der Waals surface area contributed by atoms with Crippen LogP contribution in [0.3, 0.4) is 0 Å². The minimum atomic E-state index is 0.0890. The van der Waals surface area contributed by atoms with Crippen molar-refractivity contribution in [1.82, 2.24) is 4.90 Å². The van der Waals surface area contributed by atoms with E-state index >= 15 is 0 Å². The first-order chi connectivity index (χ1) is 11.7. The Morgan fingerprint density at radius 3 is 2.33 bits per heavy atom. The summed E-state index contributed by atoms with van der Waals surface area (Å²) in [5, 5.41) is 0. The molecule has 2 rings (SSSR count). The van der Waals surface area contributed by atoms with Gasteiger partial charge in [-0.3, -0.25) is 9.59 Å². The molecule has 0 N–H and O–H groups in total. The molecule has 1 aromatic rings. The summed E-state index contributed by atoms with van der Waals surface area (Å²) in [5.74, 6) is 1.03. The van der Waals surface area contributed by atoms with E-state index in [2.05, 4.69) is 6.92 Å². The van der Waals surface area contributed by atoms with Crippen LogP contribution in [0.1, 0.15) is 68.6 Å². The van der Waals surface area contributed by atoms with Gasteiger partial charge in [-0.05, 0) is 50.5 Å². The summed E-state index contributed by atoms with van der Waals surface area (Å²) in [6.07, 6.45) is 7.50. The van der Waals surface area contributed by atoms with E-state index in [1.807, 2.05) is 4.90 Å². The number of methoxy groups -OCH3 is 1. The predicted molar refractivity (Wildman–Crippen MR) is 95.4 cm³/mol. The summed E-state index contributed by atoms with van der Waals surface area (Å²) in [7, 11) is 1.61. The fourth-order valence-electron chi connectivity index (χ4n) is 3.50. The van der Waals surface area contributed by atoms with Crippen molar-refractivity contribution in [1.29, 1.82) is 0 Å². The van der Waals surface area contributed by atoms with E-state index < -0.39 is 0 Å². The molecule has 0 saturated heterocycles. The highest BCUT2D eigenvalue weighted by Crippen LogP contribution is 2.23. The lowest BCUT2D eigenvalue weighted by Crippen LogP contribution is -2.41. The Balaban J connectivity index is 1.78. The largest absolute Gasteiger partial charge is 0.497 e. The lowest BCUT2D eigenvalue weighted by Gasteiger charge is -2.33. The number of rotatable bonds is 8. The Morgan fingerprint density at radius 2 is 1.75 bits per heavy atom. The van der Waals surface area contributed by atoms with Crippen LogP contribution in [-0.4, -0.2) is 36.3 Å². The molecule has 0 radical (unpaired) electrons. The summed E-state index contributed by atoms with van der Waals surface area (Å²) in [6.45, 7) is 2.82. The third-order valence-electron chi connectivity index (χ3n) is 4.88. The van der Waals surface area contributed by atoms with Crippen LogP contribution in [0.5, 0.6) is 5.75 Å². The van der Waals surface area contributed by atoms with Gasteiger partial charge in [-0.1, -0.05) is 19.3 Å². The number of benzene rings is 1. The van der Waals surface area contributed by atoms with Crippen molar-refractivity contribution in [2.75, 3.05) is 13.7 Å². The maximum absolute atomic E-state index is 12.5. The monoisotopic (exact) mass is 331 g/mol. The normalized spacial score (nSPS) is 15.1. The number of nitrogens with zero attached hydrogens (tertiary/aromatic N) is 1. The molecule has 1 fully saturated rings. The molecule has 4 nitrogen and oxygen atoms in total. The topological polar surface area (TPSA) is 46.6 Å². The molecular weight excluding hydrogens is 302 g/mol. The summed E-state index contributed by atoms with van der Waals surface area (Å²) in [4.78, 5) is 26.7. The van der Waals surface area contributed by atoms with E-state index in [-0.39, 0.29) is 11.7 Å². The van der Waals surface area contributed by atoms with Gasteiger partial charge in [0, 0.05) is 31.0 Å². The van der Waals surface area contributed by atoms with Crippen LogP contribution in [0.25, 0.3) is 0 Å². The molecule has 0 aromatic heterocycles. The van der Waals surface area contributed by atoms with Gasteiger partial charge < -0.3 is 9.64 Å². The van der Waals surface area contributed by atoms with E-state index in [0.29, 0.717) is 30.9 Å². The zero-order chi connectivity index (χ0) is 17.4. The van der Waals surface area contributed by atoms with Gasteiger partial charge in [-0.15, -0.1) is 0 Å². The summed E-state index contributed by atoms with van der Waals surface area (Å²) < 4.78 is 5.10.